The van der Waals surface area contributed by atoms with E-state index >= 15 is 0 Å². The maximum atomic E-state index is 11.9. The summed E-state index contributed by atoms with van der Waals surface area (Å²) in [7, 11) is 1.60. The average Bonchev–Trinajstić information content (AvgIpc) is 2.63. The Morgan fingerprint density at radius 1 is 1.37 bits per heavy atom. The highest BCUT2D eigenvalue weighted by Gasteiger charge is 2.47. The third kappa shape index (κ3) is 2.28. The molecule has 1 fully saturated rings. The zero-order chi connectivity index (χ0) is 14.0. The zero-order valence-electron chi connectivity index (χ0n) is 11.4. The minimum absolute atomic E-state index is 0.233. The van der Waals surface area contributed by atoms with E-state index in [0.717, 1.165) is 11.3 Å². The van der Waals surface area contributed by atoms with Crippen molar-refractivity contribution in [3.63, 3.8) is 0 Å². The third-order valence-electron chi connectivity index (χ3n) is 3.71. The summed E-state index contributed by atoms with van der Waals surface area (Å²) in [6, 6.07) is 7.16. The molecule has 1 N–H and O–H groups in total. The van der Waals surface area contributed by atoms with Gasteiger partial charge in [-0.05, 0) is 31.0 Å². The number of hydrogen-bond donors (Lipinski definition) is 1. The Labute approximate surface area is 112 Å². The van der Waals surface area contributed by atoms with Gasteiger partial charge in [0, 0.05) is 6.54 Å². The molecule has 0 spiro atoms. The van der Waals surface area contributed by atoms with Crippen LogP contribution in [-0.4, -0.2) is 29.5 Å². The van der Waals surface area contributed by atoms with E-state index in [1.54, 1.807) is 18.9 Å². The van der Waals surface area contributed by atoms with Crippen LogP contribution in [0.4, 0.5) is 4.79 Å². The van der Waals surface area contributed by atoms with Crippen molar-refractivity contribution in [1.82, 2.24) is 10.2 Å². The normalized spacial score (nSPS) is 22.6. The van der Waals surface area contributed by atoms with Crippen molar-refractivity contribution in [2.24, 2.45) is 0 Å². The Kier molecular flexibility index (Phi) is 3.46. The van der Waals surface area contributed by atoms with E-state index in [0.29, 0.717) is 13.0 Å². The van der Waals surface area contributed by atoms with Gasteiger partial charge in [-0.1, -0.05) is 19.1 Å². The molecule has 1 atom stereocenters. The number of ether oxygens (including phenoxy) is 1. The van der Waals surface area contributed by atoms with Crippen molar-refractivity contribution in [1.29, 1.82) is 0 Å². The predicted molar refractivity (Wildman–Crippen MR) is 70.8 cm³/mol. The maximum Gasteiger partial charge on any atom is 0.325 e. The van der Waals surface area contributed by atoms with E-state index < -0.39 is 5.54 Å². The van der Waals surface area contributed by atoms with Gasteiger partial charge in [-0.3, -0.25) is 10.1 Å². The number of amides is 3. The van der Waals surface area contributed by atoms with Gasteiger partial charge in [0.2, 0.25) is 0 Å². The number of hydrogen-bond acceptors (Lipinski definition) is 3. The lowest BCUT2D eigenvalue weighted by molar-refractivity contribution is -0.126. The second kappa shape index (κ2) is 4.91. The fourth-order valence-electron chi connectivity index (χ4n) is 2.20. The average molecular weight is 262 g/mol. The highest BCUT2D eigenvalue weighted by Crippen LogP contribution is 2.27. The van der Waals surface area contributed by atoms with E-state index in [2.05, 4.69) is 5.32 Å². The quantitative estimate of drug-likeness (QED) is 0.843. The minimum Gasteiger partial charge on any atom is -0.497 e. The van der Waals surface area contributed by atoms with Crippen molar-refractivity contribution in [2.75, 3.05) is 7.11 Å². The summed E-state index contributed by atoms with van der Waals surface area (Å²) >= 11 is 0. The SMILES string of the molecule is CCC1(C)C(=O)NC(=O)N1Cc1cccc(OC)c1. The molecule has 0 bridgehead atoms. The van der Waals surface area contributed by atoms with Crippen LogP contribution in [0, 0.1) is 0 Å². The van der Waals surface area contributed by atoms with Crippen molar-refractivity contribution < 1.29 is 14.3 Å². The standard InChI is InChI=1S/C14H18N2O3/c1-4-14(2)12(17)15-13(18)16(14)9-10-6-5-7-11(8-10)19-3/h5-8H,4,9H2,1-3H3,(H,15,17,18). The van der Waals surface area contributed by atoms with E-state index in [4.69, 9.17) is 4.74 Å². The second-order valence-corrected chi connectivity index (χ2v) is 4.82. The number of urea groups is 1. The largest absolute Gasteiger partial charge is 0.497 e. The Morgan fingerprint density at radius 3 is 2.74 bits per heavy atom. The van der Waals surface area contributed by atoms with Gasteiger partial charge in [0.15, 0.2) is 0 Å². The van der Waals surface area contributed by atoms with Crippen LogP contribution >= 0.6 is 0 Å². The molecule has 1 aromatic carbocycles. The molecule has 5 nitrogen and oxygen atoms in total. The first kappa shape index (κ1) is 13.4. The van der Waals surface area contributed by atoms with Crippen LogP contribution in [0.1, 0.15) is 25.8 Å². The first-order valence-corrected chi connectivity index (χ1v) is 6.27. The molecule has 1 saturated heterocycles. The molecule has 0 saturated carbocycles. The lowest BCUT2D eigenvalue weighted by Crippen LogP contribution is -2.45. The lowest BCUT2D eigenvalue weighted by Gasteiger charge is -2.30. The lowest BCUT2D eigenvalue weighted by atomic mass is 9.97. The molecule has 1 aliphatic heterocycles. The third-order valence-corrected chi connectivity index (χ3v) is 3.71. The van der Waals surface area contributed by atoms with E-state index in [9.17, 15) is 9.59 Å². The molecule has 2 rings (SSSR count). The Hall–Kier alpha value is -2.04. The van der Waals surface area contributed by atoms with Gasteiger partial charge in [0.05, 0.1) is 7.11 Å². The Bertz CT molecular complexity index is 515. The number of nitrogens with one attached hydrogen (secondary N) is 1. The molecular weight excluding hydrogens is 244 g/mol. The van der Waals surface area contributed by atoms with Crippen LogP contribution in [-0.2, 0) is 11.3 Å². The highest BCUT2D eigenvalue weighted by atomic mass is 16.5. The molecule has 0 radical (unpaired) electrons. The maximum absolute atomic E-state index is 11.9. The first-order valence-electron chi connectivity index (χ1n) is 6.27. The fraction of sp³-hybridized carbons (Fsp3) is 0.429. The number of nitrogens with zero attached hydrogens (tertiary/aromatic N) is 1. The van der Waals surface area contributed by atoms with E-state index in [1.807, 2.05) is 31.2 Å². The molecule has 1 heterocycles. The molecule has 1 unspecified atom stereocenters. The molecular formula is C14H18N2O3. The number of carbonyl (C=O) groups excluding carboxylic acids is 2. The Balaban J connectivity index is 2.26. The predicted octanol–water partition coefficient (Wildman–Crippen LogP) is 1.92. The van der Waals surface area contributed by atoms with Crippen LogP contribution < -0.4 is 10.1 Å². The number of imide groups is 1. The summed E-state index contributed by atoms with van der Waals surface area (Å²) in [6.07, 6.45) is 0.578. The van der Waals surface area contributed by atoms with Crippen molar-refractivity contribution in [3.8, 4) is 5.75 Å². The van der Waals surface area contributed by atoms with Gasteiger partial charge < -0.3 is 9.64 Å². The number of benzene rings is 1. The van der Waals surface area contributed by atoms with Gasteiger partial charge in [0.1, 0.15) is 11.3 Å². The molecule has 1 aromatic rings. The molecule has 0 aromatic heterocycles. The van der Waals surface area contributed by atoms with Gasteiger partial charge in [-0.25, -0.2) is 4.79 Å². The number of carbonyl (C=O) groups is 2. The molecule has 0 aliphatic carbocycles. The van der Waals surface area contributed by atoms with Gasteiger partial charge in [-0.15, -0.1) is 0 Å². The van der Waals surface area contributed by atoms with Crippen molar-refractivity contribution in [2.45, 2.75) is 32.4 Å². The summed E-state index contributed by atoms with van der Waals surface area (Å²) in [5, 5.41) is 2.37. The summed E-state index contributed by atoms with van der Waals surface area (Å²) < 4.78 is 5.16. The topological polar surface area (TPSA) is 58.6 Å². The van der Waals surface area contributed by atoms with Crippen LogP contribution in [0.25, 0.3) is 0 Å². The van der Waals surface area contributed by atoms with Gasteiger partial charge >= 0.3 is 6.03 Å². The molecule has 5 heteroatoms. The zero-order valence-corrected chi connectivity index (χ0v) is 11.4. The second-order valence-electron chi connectivity index (χ2n) is 4.82. The summed E-state index contributed by atoms with van der Waals surface area (Å²) in [6.45, 7) is 4.07. The number of rotatable bonds is 4. The van der Waals surface area contributed by atoms with Crippen molar-refractivity contribution in [3.05, 3.63) is 29.8 Å². The van der Waals surface area contributed by atoms with E-state index in [-0.39, 0.29) is 11.9 Å². The van der Waals surface area contributed by atoms with Gasteiger partial charge in [-0.2, -0.15) is 0 Å². The van der Waals surface area contributed by atoms with Crippen LogP contribution in [0.15, 0.2) is 24.3 Å². The summed E-state index contributed by atoms with van der Waals surface area (Å²) in [4.78, 5) is 25.3. The van der Waals surface area contributed by atoms with Crippen LogP contribution in [0.3, 0.4) is 0 Å². The number of methoxy groups -OCH3 is 1. The van der Waals surface area contributed by atoms with Gasteiger partial charge in [0.25, 0.3) is 5.91 Å². The fourth-order valence-corrected chi connectivity index (χ4v) is 2.20. The van der Waals surface area contributed by atoms with Crippen LogP contribution in [0.5, 0.6) is 5.75 Å². The Morgan fingerprint density at radius 2 is 2.11 bits per heavy atom. The molecule has 102 valence electrons. The monoisotopic (exact) mass is 262 g/mol. The summed E-state index contributed by atoms with van der Waals surface area (Å²) in [5.41, 5.74) is 0.157. The first-order chi connectivity index (χ1) is 9.01. The smallest absolute Gasteiger partial charge is 0.325 e. The minimum atomic E-state index is -0.778. The molecule has 1 aliphatic rings. The summed E-state index contributed by atoms with van der Waals surface area (Å²) in [5.74, 6) is 0.504. The molecule has 3 amide bonds. The highest BCUT2D eigenvalue weighted by molar-refractivity contribution is 6.06. The van der Waals surface area contributed by atoms with Crippen molar-refractivity contribution >= 4 is 11.9 Å². The van der Waals surface area contributed by atoms with Crippen LogP contribution in [0.2, 0.25) is 0 Å². The van der Waals surface area contributed by atoms with E-state index in [1.165, 1.54) is 0 Å². The molecule has 19 heavy (non-hydrogen) atoms.